The molecule has 0 saturated carbocycles. The summed E-state index contributed by atoms with van der Waals surface area (Å²) in [5.41, 5.74) is 2.76. The molecule has 0 N–H and O–H groups in total. The number of rotatable bonds is 4. The van der Waals surface area contributed by atoms with Gasteiger partial charge in [-0.1, -0.05) is 50.1 Å². The van der Waals surface area contributed by atoms with Gasteiger partial charge in [-0.3, -0.25) is 0 Å². The van der Waals surface area contributed by atoms with Crippen LogP contribution in [0.5, 0.6) is 0 Å². The molecule has 1 radical (unpaired) electrons. The standard InChI is InChI=1S/C14H19N.Ir/c1-2-3-6-11-15-12-7-9-13-8-4-5-10-14(13)15;/h4-5,7-10H,2-3,6,11-12H2,1H3;. The van der Waals surface area contributed by atoms with Gasteiger partial charge in [0.2, 0.25) is 0 Å². The van der Waals surface area contributed by atoms with Gasteiger partial charge in [-0.25, -0.2) is 0 Å². The van der Waals surface area contributed by atoms with Crippen molar-refractivity contribution in [2.75, 3.05) is 18.0 Å². The Balaban J connectivity index is 0.00000128. The van der Waals surface area contributed by atoms with Gasteiger partial charge in [-0.2, -0.15) is 0 Å². The number of anilines is 1. The Labute approximate surface area is 112 Å². The summed E-state index contributed by atoms with van der Waals surface area (Å²) < 4.78 is 0. The first-order chi connectivity index (χ1) is 7.42. The smallest absolute Gasteiger partial charge is 0.0442 e. The Morgan fingerprint density at radius 3 is 2.81 bits per heavy atom. The van der Waals surface area contributed by atoms with Gasteiger partial charge in [0, 0.05) is 38.9 Å². The zero-order valence-corrected chi connectivity index (χ0v) is 12.2. The molecule has 1 aromatic rings. The van der Waals surface area contributed by atoms with Crippen LogP contribution >= 0.6 is 0 Å². The molecule has 2 rings (SSSR count). The predicted molar refractivity (Wildman–Crippen MR) is 67.2 cm³/mol. The van der Waals surface area contributed by atoms with E-state index in [1.165, 1.54) is 37.1 Å². The predicted octanol–water partition coefficient (Wildman–Crippen LogP) is 3.71. The summed E-state index contributed by atoms with van der Waals surface area (Å²) >= 11 is 0. The number of hydrogen-bond acceptors (Lipinski definition) is 1. The molecule has 1 heterocycles. The number of hydrogen-bond donors (Lipinski definition) is 0. The fourth-order valence-corrected chi connectivity index (χ4v) is 2.09. The number of benzene rings is 1. The van der Waals surface area contributed by atoms with Crippen LogP contribution in [0.15, 0.2) is 30.3 Å². The minimum absolute atomic E-state index is 0. The Morgan fingerprint density at radius 2 is 2.00 bits per heavy atom. The fourth-order valence-electron chi connectivity index (χ4n) is 2.09. The summed E-state index contributed by atoms with van der Waals surface area (Å²) in [6.07, 6.45) is 8.42. The van der Waals surface area contributed by atoms with Crippen molar-refractivity contribution in [1.29, 1.82) is 0 Å². The molecule has 0 atom stereocenters. The van der Waals surface area contributed by atoms with Crippen LogP contribution in [0.25, 0.3) is 6.08 Å². The van der Waals surface area contributed by atoms with E-state index in [4.69, 9.17) is 0 Å². The third-order valence-electron chi connectivity index (χ3n) is 2.93. The molecule has 0 unspecified atom stereocenters. The molecule has 16 heavy (non-hydrogen) atoms. The maximum Gasteiger partial charge on any atom is 0.0442 e. The minimum atomic E-state index is 0. The maximum atomic E-state index is 2.48. The molecule has 0 fully saturated rings. The van der Waals surface area contributed by atoms with Crippen molar-refractivity contribution in [2.24, 2.45) is 0 Å². The largest absolute Gasteiger partial charge is 0.367 e. The van der Waals surface area contributed by atoms with Gasteiger partial charge >= 0.3 is 0 Å². The summed E-state index contributed by atoms with van der Waals surface area (Å²) in [5.74, 6) is 0. The first-order valence-corrected chi connectivity index (χ1v) is 5.92. The van der Waals surface area contributed by atoms with Gasteiger partial charge < -0.3 is 4.90 Å². The number of para-hydroxylation sites is 1. The Hall–Kier alpha value is -0.591. The van der Waals surface area contributed by atoms with Crippen molar-refractivity contribution in [2.45, 2.75) is 26.2 Å². The summed E-state index contributed by atoms with van der Waals surface area (Å²) in [6, 6.07) is 8.66. The molecule has 0 aromatic heterocycles. The van der Waals surface area contributed by atoms with Crippen molar-refractivity contribution >= 4 is 11.8 Å². The van der Waals surface area contributed by atoms with Crippen LogP contribution in [-0.2, 0) is 20.1 Å². The van der Waals surface area contributed by atoms with E-state index in [2.05, 4.69) is 48.2 Å². The quantitative estimate of drug-likeness (QED) is 0.705. The van der Waals surface area contributed by atoms with Crippen molar-refractivity contribution in [3.63, 3.8) is 0 Å². The molecule has 1 aliphatic rings. The third-order valence-corrected chi connectivity index (χ3v) is 2.93. The maximum absolute atomic E-state index is 2.48. The number of unbranched alkanes of at least 4 members (excludes halogenated alkanes) is 2. The van der Waals surface area contributed by atoms with Crippen LogP contribution in [0.1, 0.15) is 31.7 Å². The zero-order chi connectivity index (χ0) is 10.5. The van der Waals surface area contributed by atoms with E-state index in [-0.39, 0.29) is 20.1 Å². The molecule has 2 heteroatoms. The Kier molecular flexibility index (Phi) is 5.79. The molecule has 0 aliphatic carbocycles. The van der Waals surface area contributed by atoms with E-state index >= 15 is 0 Å². The summed E-state index contributed by atoms with van der Waals surface area (Å²) in [7, 11) is 0. The van der Waals surface area contributed by atoms with Crippen LogP contribution in [0, 0.1) is 0 Å². The number of fused-ring (bicyclic) bond motifs is 1. The SMILES string of the molecule is CCCCCN1CC=Cc2ccccc21.[Ir]. The van der Waals surface area contributed by atoms with E-state index in [1.807, 2.05) is 0 Å². The summed E-state index contributed by atoms with van der Waals surface area (Å²) in [6.45, 7) is 4.51. The first kappa shape index (κ1) is 13.5. The zero-order valence-electron chi connectivity index (χ0n) is 9.78. The average molecular weight is 394 g/mol. The molecule has 0 saturated heterocycles. The van der Waals surface area contributed by atoms with Crippen molar-refractivity contribution in [3.8, 4) is 0 Å². The van der Waals surface area contributed by atoms with Crippen molar-refractivity contribution in [1.82, 2.24) is 0 Å². The molecule has 89 valence electrons. The van der Waals surface area contributed by atoms with Crippen LogP contribution < -0.4 is 4.90 Å². The van der Waals surface area contributed by atoms with Crippen LogP contribution in [0.4, 0.5) is 5.69 Å². The Morgan fingerprint density at radius 1 is 1.19 bits per heavy atom. The van der Waals surface area contributed by atoms with Gasteiger partial charge in [0.05, 0.1) is 0 Å². The molecule has 1 nitrogen and oxygen atoms in total. The van der Waals surface area contributed by atoms with E-state index in [0.717, 1.165) is 6.54 Å². The molecular formula is C14H19IrN. The second-order valence-electron chi connectivity index (χ2n) is 4.11. The minimum Gasteiger partial charge on any atom is -0.367 e. The van der Waals surface area contributed by atoms with Crippen LogP contribution in [-0.4, -0.2) is 13.1 Å². The van der Waals surface area contributed by atoms with Crippen molar-refractivity contribution < 1.29 is 20.1 Å². The van der Waals surface area contributed by atoms with Gasteiger partial charge in [-0.15, -0.1) is 0 Å². The molecule has 0 spiro atoms. The molecule has 1 aromatic carbocycles. The topological polar surface area (TPSA) is 3.24 Å². The van der Waals surface area contributed by atoms with Crippen molar-refractivity contribution in [3.05, 3.63) is 35.9 Å². The van der Waals surface area contributed by atoms with Gasteiger partial charge in [0.15, 0.2) is 0 Å². The first-order valence-electron chi connectivity index (χ1n) is 5.92. The second kappa shape index (κ2) is 6.88. The van der Waals surface area contributed by atoms with E-state index in [1.54, 1.807) is 0 Å². The number of nitrogens with zero attached hydrogens (tertiary/aromatic N) is 1. The molecular weight excluding hydrogens is 374 g/mol. The summed E-state index contributed by atoms with van der Waals surface area (Å²) in [5, 5.41) is 0. The van der Waals surface area contributed by atoms with Crippen LogP contribution in [0.3, 0.4) is 0 Å². The Bertz CT molecular complexity index is 346. The second-order valence-corrected chi connectivity index (χ2v) is 4.11. The van der Waals surface area contributed by atoms with Gasteiger partial charge in [-0.05, 0) is 18.1 Å². The molecule has 1 aliphatic heterocycles. The van der Waals surface area contributed by atoms with E-state index in [0.29, 0.717) is 0 Å². The van der Waals surface area contributed by atoms with E-state index < -0.39 is 0 Å². The summed E-state index contributed by atoms with van der Waals surface area (Å²) in [4.78, 5) is 2.48. The normalized spacial score (nSPS) is 13.2. The third kappa shape index (κ3) is 3.20. The monoisotopic (exact) mass is 394 g/mol. The fraction of sp³-hybridized carbons (Fsp3) is 0.429. The van der Waals surface area contributed by atoms with Gasteiger partial charge in [0.25, 0.3) is 0 Å². The molecule has 0 amide bonds. The van der Waals surface area contributed by atoms with E-state index in [9.17, 15) is 0 Å². The van der Waals surface area contributed by atoms with Crippen LogP contribution in [0.2, 0.25) is 0 Å². The van der Waals surface area contributed by atoms with Gasteiger partial charge in [0.1, 0.15) is 0 Å². The molecule has 0 bridgehead atoms. The average Bonchev–Trinajstić information content (AvgIpc) is 2.30.